The Bertz CT molecular complexity index is 470. The van der Waals surface area contributed by atoms with Gasteiger partial charge in [0.15, 0.2) is 4.73 Å². The molecule has 0 aliphatic rings. The Balaban J connectivity index is 2.86. The van der Waals surface area contributed by atoms with Crippen LogP contribution < -0.4 is 0 Å². The minimum Gasteiger partial charge on any atom is -0.230 e. The maximum absolute atomic E-state index is 13.2. The molecule has 0 saturated heterocycles. The molecule has 0 fully saturated rings. The van der Waals surface area contributed by atoms with Crippen molar-refractivity contribution in [3.8, 4) is 0 Å². The molecule has 0 unspecified atom stereocenters. The second-order valence-corrected chi connectivity index (χ2v) is 3.61. The van der Waals surface area contributed by atoms with Gasteiger partial charge in [-0.3, -0.25) is 0 Å². The number of hydrogen-bond donors (Lipinski definition) is 0. The van der Waals surface area contributed by atoms with Crippen LogP contribution in [-0.2, 0) is 0 Å². The third kappa shape index (κ3) is 1.64. The number of rotatable bonds is 0. The van der Waals surface area contributed by atoms with Crippen LogP contribution in [0.1, 0.15) is 0 Å². The van der Waals surface area contributed by atoms with Crippen molar-refractivity contribution in [2.75, 3.05) is 0 Å². The number of hydrogen-bond acceptors (Lipinski definition) is 2. The first kappa shape index (κ1) is 8.84. The van der Waals surface area contributed by atoms with Gasteiger partial charge in [-0.1, -0.05) is 11.6 Å². The maximum atomic E-state index is 13.2. The molecule has 0 atom stereocenters. The third-order valence-corrected chi connectivity index (χ3v) is 2.19. The lowest BCUT2D eigenvalue weighted by Gasteiger charge is -1.99. The van der Waals surface area contributed by atoms with Gasteiger partial charge < -0.3 is 0 Å². The number of benzene rings is 1. The summed E-state index contributed by atoms with van der Waals surface area (Å²) in [6.07, 6.45) is 1.41. The quantitative estimate of drug-likeness (QED) is 0.681. The lowest BCUT2D eigenvalue weighted by Crippen LogP contribution is -1.87. The molecule has 1 aromatic carbocycles. The second-order valence-electron chi connectivity index (χ2n) is 2.46. The van der Waals surface area contributed by atoms with E-state index in [0.29, 0.717) is 20.7 Å². The van der Waals surface area contributed by atoms with Crippen LogP contribution in [0.3, 0.4) is 0 Å². The summed E-state index contributed by atoms with van der Waals surface area (Å²) in [7, 11) is 0. The Labute approximate surface area is 86.9 Å². The molecule has 13 heavy (non-hydrogen) atoms. The van der Waals surface area contributed by atoms with Crippen molar-refractivity contribution >= 4 is 38.4 Å². The topological polar surface area (TPSA) is 25.8 Å². The van der Waals surface area contributed by atoms with E-state index in [2.05, 4.69) is 25.9 Å². The zero-order valence-corrected chi connectivity index (χ0v) is 8.60. The van der Waals surface area contributed by atoms with E-state index in [4.69, 9.17) is 11.6 Å². The fourth-order valence-corrected chi connectivity index (χ4v) is 1.53. The van der Waals surface area contributed by atoms with Crippen LogP contribution in [0.5, 0.6) is 0 Å². The molecule has 0 bridgehead atoms. The van der Waals surface area contributed by atoms with Gasteiger partial charge in [-0.2, -0.15) is 0 Å². The van der Waals surface area contributed by atoms with Crippen LogP contribution in [0.2, 0.25) is 5.02 Å². The Morgan fingerprint density at radius 3 is 2.92 bits per heavy atom. The van der Waals surface area contributed by atoms with Crippen molar-refractivity contribution in [3.05, 3.63) is 33.9 Å². The largest absolute Gasteiger partial charge is 0.230 e. The number of fused-ring (bicyclic) bond motifs is 1. The fourth-order valence-electron chi connectivity index (χ4n) is 1.04. The van der Waals surface area contributed by atoms with Crippen molar-refractivity contribution in [3.63, 3.8) is 0 Å². The highest BCUT2D eigenvalue weighted by atomic mass is 79.9. The Morgan fingerprint density at radius 1 is 1.38 bits per heavy atom. The smallest absolute Gasteiger partial charge is 0.197 e. The maximum Gasteiger partial charge on any atom is 0.197 e. The number of nitrogens with zero attached hydrogens (tertiary/aromatic N) is 2. The van der Waals surface area contributed by atoms with Crippen molar-refractivity contribution < 1.29 is 4.39 Å². The number of halogens is 3. The van der Waals surface area contributed by atoms with Gasteiger partial charge in [0.1, 0.15) is 5.82 Å². The highest BCUT2D eigenvalue weighted by molar-refractivity contribution is 9.10. The summed E-state index contributed by atoms with van der Waals surface area (Å²) >= 11 is 8.75. The van der Waals surface area contributed by atoms with E-state index in [-0.39, 0.29) is 0 Å². The molecule has 0 aliphatic heterocycles. The zero-order valence-electron chi connectivity index (χ0n) is 6.26. The van der Waals surface area contributed by atoms with Crippen LogP contribution in [0.4, 0.5) is 4.39 Å². The molecule has 2 aromatic rings. The molecule has 0 saturated carbocycles. The summed E-state index contributed by atoms with van der Waals surface area (Å²) in [5.74, 6) is -0.407. The molecule has 2 nitrogen and oxygen atoms in total. The van der Waals surface area contributed by atoms with Gasteiger partial charge in [0, 0.05) is 11.2 Å². The molecular formula is C8H3BrClFN2. The van der Waals surface area contributed by atoms with Gasteiger partial charge in [0.25, 0.3) is 0 Å². The molecule has 0 radical (unpaired) electrons. The Hall–Kier alpha value is -0.740. The molecular weight excluding hydrogens is 258 g/mol. The summed E-state index contributed by atoms with van der Waals surface area (Å²) < 4.78 is 13.6. The second kappa shape index (κ2) is 3.20. The van der Waals surface area contributed by atoms with E-state index in [9.17, 15) is 4.39 Å². The predicted molar refractivity (Wildman–Crippen MR) is 52.2 cm³/mol. The minimum atomic E-state index is -0.407. The molecule has 66 valence electrons. The standard InChI is InChI=1S/C8H3BrClFN2/c9-8-12-3-5-6(11)1-4(10)2-7(5)13-8/h1-3H. The van der Waals surface area contributed by atoms with Crippen molar-refractivity contribution in [2.24, 2.45) is 0 Å². The highest BCUT2D eigenvalue weighted by Gasteiger charge is 2.04. The SMILES string of the molecule is Fc1cc(Cl)cc2nc(Br)ncc12. The van der Waals surface area contributed by atoms with E-state index in [1.807, 2.05) is 0 Å². The van der Waals surface area contributed by atoms with Crippen molar-refractivity contribution in [2.45, 2.75) is 0 Å². The van der Waals surface area contributed by atoms with Crippen LogP contribution in [0.25, 0.3) is 10.9 Å². The normalized spacial score (nSPS) is 10.7. The fraction of sp³-hybridized carbons (Fsp3) is 0. The summed E-state index contributed by atoms with van der Waals surface area (Å²) in [6.45, 7) is 0. The van der Waals surface area contributed by atoms with Crippen molar-refractivity contribution in [1.82, 2.24) is 9.97 Å². The van der Waals surface area contributed by atoms with Gasteiger partial charge >= 0.3 is 0 Å². The molecule has 0 amide bonds. The van der Waals surface area contributed by atoms with Gasteiger partial charge in [-0.25, -0.2) is 14.4 Å². The molecule has 0 N–H and O–H groups in total. The molecule has 1 aromatic heterocycles. The minimum absolute atomic E-state index is 0.329. The molecule has 0 aliphatic carbocycles. The van der Waals surface area contributed by atoms with E-state index in [1.54, 1.807) is 6.07 Å². The molecule has 1 heterocycles. The Morgan fingerprint density at radius 2 is 2.15 bits per heavy atom. The van der Waals surface area contributed by atoms with Crippen LogP contribution in [0.15, 0.2) is 23.1 Å². The molecule has 2 rings (SSSR count). The first-order valence-corrected chi connectivity index (χ1v) is 4.61. The average molecular weight is 261 g/mol. The summed E-state index contributed by atoms with van der Waals surface area (Å²) in [6, 6.07) is 2.83. The first-order chi connectivity index (χ1) is 6.16. The summed E-state index contributed by atoms with van der Waals surface area (Å²) in [4.78, 5) is 7.80. The first-order valence-electron chi connectivity index (χ1n) is 3.44. The number of aromatic nitrogens is 2. The highest BCUT2D eigenvalue weighted by Crippen LogP contribution is 2.21. The average Bonchev–Trinajstić information content (AvgIpc) is 2.02. The molecule has 5 heteroatoms. The van der Waals surface area contributed by atoms with E-state index in [1.165, 1.54) is 12.3 Å². The predicted octanol–water partition coefficient (Wildman–Crippen LogP) is 3.18. The summed E-state index contributed by atoms with van der Waals surface area (Å²) in [5.41, 5.74) is 0.492. The van der Waals surface area contributed by atoms with Crippen molar-refractivity contribution in [1.29, 1.82) is 0 Å². The van der Waals surface area contributed by atoms with Crippen LogP contribution in [0, 0.1) is 5.82 Å². The van der Waals surface area contributed by atoms with Gasteiger partial charge in [-0.15, -0.1) is 0 Å². The van der Waals surface area contributed by atoms with E-state index in [0.717, 1.165) is 0 Å². The lowest BCUT2D eigenvalue weighted by atomic mass is 10.2. The van der Waals surface area contributed by atoms with E-state index >= 15 is 0 Å². The van der Waals surface area contributed by atoms with Gasteiger partial charge in [0.05, 0.1) is 10.9 Å². The summed E-state index contributed by atoms with van der Waals surface area (Å²) in [5, 5.41) is 0.697. The van der Waals surface area contributed by atoms with Crippen LogP contribution in [-0.4, -0.2) is 9.97 Å². The van der Waals surface area contributed by atoms with Gasteiger partial charge in [0.2, 0.25) is 0 Å². The van der Waals surface area contributed by atoms with E-state index < -0.39 is 5.82 Å². The molecule has 0 spiro atoms. The van der Waals surface area contributed by atoms with Gasteiger partial charge in [-0.05, 0) is 28.1 Å². The lowest BCUT2D eigenvalue weighted by molar-refractivity contribution is 0.639. The monoisotopic (exact) mass is 260 g/mol. The third-order valence-electron chi connectivity index (χ3n) is 1.59. The Kier molecular flexibility index (Phi) is 2.17. The van der Waals surface area contributed by atoms with Crippen LogP contribution >= 0.6 is 27.5 Å². The zero-order chi connectivity index (χ0) is 9.42.